The molecular weight excluding hydrogens is 198 g/mol. The van der Waals surface area contributed by atoms with Crippen LogP contribution in [0.1, 0.15) is 37.3 Å². The van der Waals surface area contributed by atoms with Gasteiger partial charge in [0.1, 0.15) is 0 Å². The second-order valence-electron chi connectivity index (χ2n) is 4.15. The molecule has 84 valence electrons. The Morgan fingerprint density at radius 1 is 1.31 bits per heavy atom. The van der Waals surface area contributed by atoms with Gasteiger partial charge in [0.25, 0.3) is 0 Å². The highest BCUT2D eigenvalue weighted by atomic mass is 16.1. The van der Waals surface area contributed by atoms with Gasteiger partial charge in [-0.3, -0.25) is 4.79 Å². The highest BCUT2D eigenvalue weighted by Gasteiger charge is 2.14. The zero-order valence-electron chi connectivity index (χ0n) is 9.62. The van der Waals surface area contributed by atoms with E-state index in [4.69, 9.17) is 0 Å². The van der Waals surface area contributed by atoms with E-state index in [-0.39, 0.29) is 5.91 Å². The van der Waals surface area contributed by atoms with Crippen molar-refractivity contribution in [2.75, 3.05) is 0 Å². The van der Waals surface area contributed by atoms with E-state index in [2.05, 4.69) is 24.4 Å². The summed E-state index contributed by atoms with van der Waals surface area (Å²) in [5.41, 5.74) is 3.28. The lowest BCUT2D eigenvalue weighted by molar-refractivity contribution is -0.117. The lowest BCUT2D eigenvalue weighted by Gasteiger charge is -2.04. The molecule has 1 aromatic rings. The lowest BCUT2D eigenvalue weighted by Crippen LogP contribution is -2.22. The molecule has 1 aliphatic heterocycles. The zero-order valence-corrected chi connectivity index (χ0v) is 9.62. The number of carbonyl (C=O) groups is 1. The van der Waals surface area contributed by atoms with Crippen molar-refractivity contribution in [3.63, 3.8) is 0 Å². The van der Waals surface area contributed by atoms with E-state index < -0.39 is 0 Å². The van der Waals surface area contributed by atoms with Gasteiger partial charge in [0.2, 0.25) is 5.91 Å². The summed E-state index contributed by atoms with van der Waals surface area (Å²) in [6.45, 7) is 2.78. The average molecular weight is 215 g/mol. The third-order valence-electron chi connectivity index (χ3n) is 2.92. The monoisotopic (exact) mass is 215 g/mol. The number of amides is 1. The van der Waals surface area contributed by atoms with Crippen molar-refractivity contribution in [3.8, 4) is 0 Å². The van der Waals surface area contributed by atoms with Crippen molar-refractivity contribution in [1.82, 2.24) is 5.32 Å². The number of benzene rings is 1. The van der Waals surface area contributed by atoms with Crippen LogP contribution in [0.3, 0.4) is 0 Å². The summed E-state index contributed by atoms with van der Waals surface area (Å²) < 4.78 is 0. The van der Waals surface area contributed by atoms with Crippen LogP contribution in [-0.4, -0.2) is 5.91 Å². The molecule has 0 radical (unpaired) electrons. The fraction of sp³-hybridized carbons (Fsp3) is 0.357. The Bertz CT molecular complexity index is 420. The van der Waals surface area contributed by atoms with Crippen molar-refractivity contribution in [1.29, 1.82) is 0 Å². The molecule has 1 heterocycles. The van der Waals surface area contributed by atoms with Crippen LogP contribution in [0, 0.1) is 0 Å². The Balaban J connectivity index is 2.29. The van der Waals surface area contributed by atoms with Gasteiger partial charge >= 0.3 is 0 Å². The van der Waals surface area contributed by atoms with E-state index >= 15 is 0 Å². The highest BCUT2D eigenvalue weighted by Crippen LogP contribution is 2.19. The summed E-state index contributed by atoms with van der Waals surface area (Å²) in [5.74, 6) is 0.0876. The Kier molecular flexibility index (Phi) is 3.40. The van der Waals surface area contributed by atoms with Gasteiger partial charge in [-0.05, 0) is 30.0 Å². The Morgan fingerprint density at radius 2 is 2.12 bits per heavy atom. The SMILES string of the molecule is CCCCC1=Cc2ccccc2CNC1=O. The zero-order chi connectivity index (χ0) is 11.4. The van der Waals surface area contributed by atoms with E-state index in [0.29, 0.717) is 6.54 Å². The normalized spacial score (nSPS) is 14.8. The molecule has 0 spiro atoms. The molecule has 1 N–H and O–H groups in total. The maximum Gasteiger partial charge on any atom is 0.247 e. The molecule has 2 rings (SSSR count). The van der Waals surface area contributed by atoms with Crippen molar-refractivity contribution < 1.29 is 4.79 Å². The Labute approximate surface area is 96.4 Å². The molecule has 0 fully saturated rings. The van der Waals surface area contributed by atoms with Crippen molar-refractivity contribution in [2.45, 2.75) is 32.7 Å². The number of fused-ring (bicyclic) bond motifs is 1. The number of rotatable bonds is 3. The molecule has 2 heteroatoms. The molecular formula is C14H17NO. The van der Waals surface area contributed by atoms with Crippen LogP contribution >= 0.6 is 0 Å². The summed E-state index contributed by atoms with van der Waals surface area (Å²) in [6, 6.07) is 8.16. The minimum absolute atomic E-state index is 0.0876. The molecule has 0 saturated carbocycles. The van der Waals surface area contributed by atoms with E-state index in [1.807, 2.05) is 18.2 Å². The summed E-state index contributed by atoms with van der Waals surface area (Å²) in [4.78, 5) is 11.8. The first-order valence-electron chi connectivity index (χ1n) is 5.88. The van der Waals surface area contributed by atoms with E-state index in [9.17, 15) is 4.79 Å². The molecule has 2 nitrogen and oxygen atoms in total. The van der Waals surface area contributed by atoms with Crippen LogP contribution in [0.4, 0.5) is 0 Å². The molecule has 16 heavy (non-hydrogen) atoms. The van der Waals surface area contributed by atoms with Crippen LogP contribution in [-0.2, 0) is 11.3 Å². The molecule has 1 aromatic carbocycles. The quantitative estimate of drug-likeness (QED) is 0.825. The first-order valence-corrected chi connectivity index (χ1v) is 5.88. The van der Waals surface area contributed by atoms with Gasteiger partial charge in [-0.1, -0.05) is 37.6 Å². The maximum absolute atomic E-state index is 11.8. The molecule has 0 aromatic heterocycles. The smallest absolute Gasteiger partial charge is 0.247 e. The fourth-order valence-corrected chi connectivity index (χ4v) is 1.93. The lowest BCUT2D eigenvalue weighted by atomic mass is 10.0. The third-order valence-corrected chi connectivity index (χ3v) is 2.92. The molecule has 0 atom stereocenters. The van der Waals surface area contributed by atoms with Gasteiger partial charge in [0.05, 0.1) is 0 Å². The Morgan fingerprint density at radius 3 is 2.94 bits per heavy atom. The highest BCUT2D eigenvalue weighted by molar-refractivity contribution is 5.98. The predicted octanol–water partition coefficient (Wildman–Crippen LogP) is 2.89. The summed E-state index contributed by atoms with van der Waals surface area (Å²) in [5, 5.41) is 2.95. The third kappa shape index (κ3) is 2.32. The minimum atomic E-state index is 0.0876. The van der Waals surface area contributed by atoms with Gasteiger partial charge in [-0.15, -0.1) is 0 Å². The Hall–Kier alpha value is -1.57. The molecule has 0 unspecified atom stereocenters. The second kappa shape index (κ2) is 4.97. The number of unbranched alkanes of at least 4 members (excludes halogenated alkanes) is 1. The van der Waals surface area contributed by atoms with Gasteiger partial charge in [0.15, 0.2) is 0 Å². The van der Waals surface area contributed by atoms with Gasteiger partial charge in [0, 0.05) is 12.1 Å². The van der Waals surface area contributed by atoms with Crippen LogP contribution in [0.5, 0.6) is 0 Å². The standard InChI is InChI=1S/C14H17NO/c1-2-3-6-12-9-11-7-4-5-8-13(11)10-15-14(12)16/h4-5,7-9H,2-3,6,10H2,1H3,(H,15,16). The van der Waals surface area contributed by atoms with Crippen molar-refractivity contribution >= 4 is 12.0 Å². The number of hydrogen-bond donors (Lipinski definition) is 1. The first kappa shape index (κ1) is 10.9. The van der Waals surface area contributed by atoms with Gasteiger partial charge in [-0.25, -0.2) is 0 Å². The number of nitrogens with one attached hydrogen (secondary N) is 1. The summed E-state index contributed by atoms with van der Waals surface area (Å²) >= 11 is 0. The molecule has 0 saturated heterocycles. The number of carbonyl (C=O) groups excluding carboxylic acids is 1. The van der Waals surface area contributed by atoms with E-state index in [0.717, 1.165) is 24.8 Å². The first-order chi connectivity index (χ1) is 7.81. The van der Waals surface area contributed by atoms with Crippen molar-refractivity contribution in [3.05, 3.63) is 41.0 Å². The van der Waals surface area contributed by atoms with Crippen LogP contribution < -0.4 is 5.32 Å². The van der Waals surface area contributed by atoms with Crippen LogP contribution in [0.15, 0.2) is 29.8 Å². The van der Waals surface area contributed by atoms with Crippen LogP contribution in [0.2, 0.25) is 0 Å². The molecule has 0 aliphatic carbocycles. The van der Waals surface area contributed by atoms with Crippen LogP contribution in [0.25, 0.3) is 6.08 Å². The summed E-state index contributed by atoms with van der Waals surface area (Å²) in [6.07, 6.45) is 5.09. The maximum atomic E-state index is 11.8. The van der Waals surface area contributed by atoms with E-state index in [1.54, 1.807) is 0 Å². The number of hydrogen-bond acceptors (Lipinski definition) is 1. The molecule has 1 amide bonds. The largest absolute Gasteiger partial charge is 0.348 e. The fourth-order valence-electron chi connectivity index (χ4n) is 1.93. The minimum Gasteiger partial charge on any atom is -0.348 e. The molecule has 1 aliphatic rings. The van der Waals surface area contributed by atoms with E-state index in [1.165, 1.54) is 11.1 Å². The van der Waals surface area contributed by atoms with Crippen molar-refractivity contribution in [2.24, 2.45) is 0 Å². The topological polar surface area (TPSA) is 29.1 Å². The van der Waals surface area contributed by atoms with Gasteiger partial charge < -0.3 is 5.32 Å². The van der Waals surface area contributed by atoms with Gasteiger partial charge in [-0.2, -0.15) is 0 Å². The second-order valence-corrected chi connectivity index (χ2v) is 4.15. The molecule has 0 bridgehead atoms. The average Bonchev–Trinajstić information content (AvgIpc) is 2.47. The summed E-state index contributed by atoms with van der Waals surface area (Å²) in [7, 11) is 0. The predicted molar refractivity (Wildman–Crippen MR) is 65.8 cm³/mol.